The number of nitrogens with zero attached hydrogens (tertiary/aromatic N) is 1. The second kappa shape index (κ2) is 4.74. The lowest BCUT2D eigenvalue weighted by Gasteiger charge is -2.01. The molecule has 2 heterocycles. The van der Waals surface area contributed by atoms with Crippen LogP contribution in [0.1, 0.15) is 9.67 Å². The lowest BCUT2D eigenvalue weighted by atomic mass is 10.2. The van der Waals surface area contributed by atoms with Crippen LogP contribution < -0.4 is 5.56 Å². The van der Waals surface area contributed by atoms with Gasteiger partial charge in [-0.05, 0) is 18.2 Å². The van der Waals surface area contributed by atoms with Crippen LogP contribution in [-0.4, -0.2) is 21.0 Å². The Morgan fingerprint density at radius 3 is 2.62 bits per heavy atom. The minimum Gasteiger partial charge on any atom is -0.477 e. The Morgan fingerprint density at radius 1 is 1.24 bits per heavy atom. The normalized spacial score (nSPS) is 11.0. The molecule has 0 bridgehead atoms. The topological polar surface area (TPSA) is 83.0 Å². The van der Waals surface area contributed by atoms with Crippen molar-refractivity contribution in [1.82, 2.24) is 9.97 Å². The number of carboxylic acid groups (broad SMARTS) is 1. The minimum atomic E-state index is -1.13. The maximum absolute atomic E-state index is 13.2. The highest BCUT2D eigenvalue weighted by atomic mass is 32.1. The number of thiophene rings is 1. The largest absolute Gasteiger partial charge is 0.477 e. The molecule has 0 saturated heterocycles. The molecular formula is C13H6F2N2O3S. The summed E-state index contributed by atoms with van der Waals surface area (Å²) >= 11 is 0.919. The van der Waals surface area contributed by atoms with Gasteiger partial charge in [0.05, 0.1) is 15.8 Å². The van der Waals surface area contributed by atoms with Gasteiger partial charge in [0.2, 0.25) is 0 Å². The van der Waals surface area contributed by atoms with Crippen molar-refractivity contribution in [2.45, 2.75) is 0 Å². The quantitative estimate of drug-likeness (QED) is 0.762. The molecule has 5 nitrogen and oxygen atoms in total. The molecule has 0 aliphatic heterocycles. The number of aromatic carboxylic acids is 1. The first kappa shape index (κ1) is 13.4. The zero-order chi connectivity index (χ0) is 15.1. The molecule has 0 unspecified atom stereocenters. The summed E-state index contributed by atoms with van der Waals surface area (Å²) in [5, 5.41) is 8.79. The van der Waals surface area contributed by atoms with Gasteiger partial charge in [-0.25, -0.2) is 18.6 Å². The number of H-pyrrole nitrogens is 1. The Labute approximate surface area is 119 Å². The van der Waals surface area contributed by atoms with E-state index >= 15 is 0 Å². The van der Waals surface area contributed by atoms with Gasteiger partial charge in [-0.2, -0.15) is 0 Å². The number of nitrogens with one attached hydrogen (secondary N) is 1. The van der Waals surface area contributed by atoms with E-state index in [0.717, 1.165) is 23.5 Å². The summed E-state index contributed by atoms with van der Waals surface area (Å²) in [4.78, 5) is 29.7. The van der Waals surface area contributed by atoms with Crippen LogP contribution in [0.3, 0.4) is 0 Å². The number of carbonyl (C=O) groups is 1. The number of aromatic amines is 1. The Balaban J connectivity index is 2.22. The van der Waals surface area contributed by atoms with E-state index in [9.17, 15) is 18.4 Å². The zero-order valence-electron chi connectivity index (χ0n) is 10.2. The predicted octanol–water partition coefficient (Wildman–Crippen LogP) is 2.63. The van der Waals surface area contributed by atoms with Crippen molar-refractivity contribution < 1.29 is 18.7 Å². The number of rotatable bonds is 2. The van der Waals surface area contributed by atoms with E-state index in [-0.39, 0.29) is 21.6 Å². The smallest absolute Gasteiger partial charge is 0.345 e. The maximum atomic E-state index is 13.2. The third kappa shape index (κ3) is 2.29. The average Bonchev–Trinajstić information content (AvgIpc) is 2.91. The molecule has 0 aliphatic rings. The first-order valence-corrected chi connectivity index (χ1v) is 6.50. The summed E-state index contributed by atoms with van der Waals surface area (Å²) in [5.41, 5.74) is -0.628. The molecule has 3 rings (SSSR count). The number of aromatic nitrogens is 2. The molecule has 2 N–H and O–H groups in total. The molecule has 0 radical (unpaired) electrons. The first-order chi connectivity index (χ1) is 9.95. The molecule has 8 heteroatoms. The van der Waals surface area contributed by atoms with Gasteiger partial charge >= 0.3 is 5.97 Å². The SMILES string of the molecule is O=C(O)c1ccc(-c2nc3cc(F)c(F)cc3c(=O)[nH]2)s1. The standard InChI is InChI=1S/C13H6F2N2O3S/c14-6-3-5-8(4-7(6)15)16-11(17-12(5)18)9-1-2-10(21-9)13(19)20/h1-4H,(H,19,20)(H,16,17,18). The molecule has 21 heavy (non-hydrogen) atoms. The molecule has 1 aromatic carbocycles. The number of benzene rings is 1. The van der Waals surface area contributed by atoms with Crippen molar-refractivity contribution in [3.8, 4) is 10.7 Å². The van der Waals surface area contributed by atoms with Gasteiger partial charge in [0.15, 0.2) is 17.5 Å². The molecule has 106 valence electrons. The average molecular weight is 308 g/mol. The molecule has 0 spiro atoms. The van der Waals surface area contributed by atoms with E-state index in [0.29, 0.717) is 4.88 Å². The van der Waals surface area contributed by atoms with Gasteiger partial charge in [0.25, 0.3) is 5.56 Å². The summed E-state index contributed by atoms with van der Waals surface area (Å²) in [5.74, 6) is -3.23. The lowest BCUT2D eigenvalue weighted by molar-refractivity contribution is 0.0702. The molecule has 0 saturated carbocycles. The fourth-order valence-corrected chi connectivity index (χ4v) is 2.62. The number of hydrogen-bond donors (Lipinski definition) is 2. The molecule has 0 amide bonds. The summed E-state index contributed by atoms with van der Waals surface area (Å²) in [6.07, 6.45) is 0. The van der Waals surface area contributed by atoms with Crippen LogP contribution in [0.2, 0.25) is 0 Å². The van der Waals surface area contributed by atoms with Crippen molar-refractivity contribution in [2.75, 3.05) is 0 Å². The van der Waals surface area contributed by atoms with E-state index in [1.54, 1.807) is 0 Å². The highest BCUT2D eigenvalue weighted by Gasteiger charge is 2.13. The van der Waals surface area contributed by atoms with E-state index in [4.69, 9.17) is 5.11 Å². The fourth-order valence-electron chi connectivity index (χ4n) is 1.83. The van der Waals surface area contributed by atoms with E-state index in [1.165, 1.54) is 12.1 Å². The summed E-state index contributed by atoms with van der Waals surface area (Å²) in [7, 11) is 0. The van der Waals surface area contributed by atoms with Crippen molar-refractivity contribution in [1.29, 1.82) is 0 Å². The number of halogens is 2. The third-order valence-corrected chi connectivity index (χ3v) is 3.88. The lowest BCUT2D eigenvalue weighted by Crippen LogP contribution is -2.10. The Bertz CT molecular complexity index is 933. The molecule has 3 aromatic rings. The van der Waals surface area contributed by atoms with E-state index in [2.05, 4.69) is 9.97 Å². The fraction of sp³-hybridized carbons (Fsp3) is 0. The van der Waals surface area contributed by atoms with Gasteiger partial charge in [0.1, 0.15) is 4.88 Å². The van der Waals surface area contributed by atoms with Crippen LogP contribution >= 0.6 is 11.3 Å². The Hall–Kier alpha value is -2.61. The highest BCUT2D eigenvalue weighted by Crippen LogP contribution is 2.26. The van der Waals surface area contributed by atoms with E-state index < -0.39 is 23.2 Å². The van der Waals surface area contributed by atoms with Crippen LogP contribution in [0, 0.1) is 11.6 Å². The Morgan fingerprint density at radius 2 is 1.95 bits per heavy atom. The Kier molecular flexibility index (Phi) is 3.02. The number of fused-ring (bicyclic) bond motifs is 1. The molecule has 0 fully saturated rings. The molecular weight excluding hydrogens is 302 g/mol. The third-order valence-electron chi connectivity index (χ3n) is 2.80. The molecule has 0 aliphatic carbocycles. The van der Waals surface area contributed by atoms with Gasteiger partial charge in [-0.1, -0.05) is 0 Å². The van der Waals surface area contributed by atoms with Crippen molar-refractivity contribution in [3.63, 3.8) is 0 Å². The van der Waals surface area contributed by atoms with E-state index in [1.807, 2.05) is 0 Å². The maximum Gasteiger partial charge on any atom is 0.345 e. The van der Waals surface area contributed by atoms with Crippen LogP contribution in [0.5, 0.6) is 0 Å². The monoisotopic (exact) mass is 308 g/mol. The van der Waals surface area contributed by atoms with Gasteiger partial charge < -0.3 is 10.1 Å². The molecule has 0 atom stereocenters. The second-order valence-corrected chi connectivity index (χ2v) is 5.25. The van der Waals surface area contributed by atoms with Crippen molar-refractivity contribution >= 4 is 28.2 Å². The summed E-state index contributed by atoms with van der Waals surface area (Å²) < 4.78 is 26.3. The molecule has 2 aromatic heterocycles. The minimum absolute atomic E-state index is 0.00192. The van der Waals surface area contributed by atoms with Crippen LogP contribution in [0.15, 0.2) is 29.1 Å². The van der Waals surface area contributed by atoms with Crippen molar-refractivity contribution in [3.05, 3.63) is 51.1 Å². The van der Waals surface area contributed by atoms with Gasteiger partial charge in [-0.3, -0.25) is 4.79 Å². The first-order valence-electron chi connectivity index (χ1n) is 5.68. The second-order valence-electron chi connectivity index (χ2n) is 4.17. The summed E-state index contributed by atoms with van der Waals surface area (Å²) in [6.45, 7) is 0. The predicted molar refractivity (Wildman–Crippen MR) is 72.6 cm³/mol. The highest BCUT2D eigenvalue weighted by molar-refractivity contribution is 7.17. The number of hydrogen-bond acceptors (Lipinski definition) is 4. The van der Waals surface area contributed by atoms with Crippen molar-refractivity contribution in [2.24, 2.45) is 0 Å². The number of carboxylic acids is 1. The summed E-state index contributed by atoms with van der Waals surface area (Å²) in [6, 6.07) is 4.46. The van der Waals surface area contributed by atoms with Crippen LogP contribution in [0.4, 0.5) is 8.78 Å². The van der Waals surface area contributed by atoms with Gasteiger partial charge in [-0.15, -0.1) is 11.3 Å². The van der Waals surface area contributed by atoms with Gasteiger partial charge in [0, 0.05) is 6.07 Å². The zero-order valence-corrected chi connectivity index (χ0v) is 11.0. The van der Waals surface area contributed by atoms with Crippen LogP contribution in [0.25, 0.3) is 21.6 Å². The van der Waals surface area contributed by atoms with Crippen LogP contribution in [-0.2, 0) is 0 Å².